The van der Waals surface area contributed by atoms with E-state index in [-0.39, 0.29) is 30.8 Å². The van der Waals surface area contributed by atoms with Gasteiger partial charge in [-0.3, -0.25) is 14.5 Å². The normalized spacial score (nSPS) is 13.8. The average molecular weight is 440 g/mol. The topological polar surface area (TPSA) is 112 Å². The molecule has 0 unspecified atom stereocenters. The first-order valence-electron chi connectivity index (χ1n) is 10.6. The summed E-state index contributed by atoms with van der Waals surface area (Å²) >= 11 is 0. The van der Waals surface area contributed by atoms with Crippen LogP contribution in [0.3, 0.4) is 0 Å². The van der Waals surface area contributed by atoms with Gasteiger partial charge < -0.3 is 26.0 Å². The second-order valence-corrected chi connectivity index (χ2v) is 7.41. The highest BCUT2D eigenvalue weighted by atomic mass is 16.5. The third-order valence-electron chi connectivity index (χ3n) is 4.86. The van der Waals surface area contributed by atoms with E-state index in [1.54, 1.807) is 24.3 Å². The zero-order valence-electron chi connectivity index (χ0n) is 17.9. The van der Waals surface area contributed by atoms with Crippen molar-refractivity contribution in [2.45, 2.75) is 13.0 Å². The third-order valence-corrected chi connectivity index (χ3v) is 4.86. The van der Waals surface area contributed by atoms with Gasteiger partial charge in [-0.2, -0.15) is 0 Å². The Kier molecular flexibility index (Phi) is 9.03. The number of carbonyl (C=O) groups excluding carboxylic acids is 3. The van der Waals surface area contributed by atoms with Gasteiger partial charge in [-0.05, 0) is 29.8 Å². The van der Waals surface area contributed by atoms with E-state index in [4.69, 9.17) is 4.74 Å². The number of ether oxygens (including phenoxy) is 1. The van der Waals surface area contributed by atoms with Crippen molar-refractivity contribution in [1.82, 2.24) is 15.5 Å². The van der Waals surface area contributed by atoms with E-state index in [9.17, 15) is 14.4 Å². The van der Waals surface area contributed by atoms with Crippen LogP contribution in [0.25, 0.3) is 0 Å². The molecule has 170 valence electrons. The van der Waals surface area contributed by atoms with Gasteiger partial charge >= 0.3 is 6.03 Å². The Balaban J connectivity index is 1.31. The van der Waals surface area contributed by atoms with Gasteiger partial charge in [0.15, 0.2) is 0 Å². The predicted molar refractivity (Wildman–Crippen MR) is 122 cm³/mol. The van der Waals surface area contributed by atoms with Crippen LogP contribution in [0, 0.1) is 0 Å². The minimum Gasteiger partial charge on any atom is -0.379 e. The summed E-state index contributed by atoms with van der Waals surface area (Å²) in [5.41, 5.74) is 2.29. The first-order valence-corrected chi connectivity index (χ1v) is 10.6. The molecule has 0 radical (unpaired) electrons. The van der Waals surface area contributed by atoms with Gasteiger partial charge in [0.2, 0.25) is 11.8 Å². The monoisotopic (exact) mass is 439 g/mol. The molecule has 1 fully saturated rings. The maximum atomic E-state index is 12.1. The summed E-state index contributed by atoms with van der Waals surface area (Å²) in [6.07, 6.45) is 0.150. The van der Waals surface area contributed by atoms with Gasteiger partial charge in [-0.25, -0.2) is 4.79 Å². The number of carbonyl (C=O) groups is 3. The molecule has 0 aliphatic carbocycles. The molecular formula is C23H29N5O4. The highest BCUT2D eigenvalue weighted by Crippen LogP contribution is 2.14. The number of nitrogens with one attached hydrogen (secondary N) is 4. The van der Waals surface area contributed by atoms with Crippen LogP contribution in [0.5, 0.6) is 0 Å². The molecule has 1 heterocycles. The molecule has 32 heavy (non-hydrogen) atoms. The lowest BCUT2D eigenvalue weighted by molar-refractivity contribution is -0.118. The zero-order valence-corrected chi connectivity index (χ0v) is 17.9. The molecule has 0 spiro atoms. The number of hydrogen-bond donors (Lipinski definition) is 4. The number of morpholine rings is 1. The van der Waals surface area contributed by atoms with Crippen LogP contribution >= 0.6 is 0 Å². The van der Waals surface area contributed by atoms with E-state index < -0.39 is 0 Å². The molecule has 1 saturated heterocycles. The van der Waals surface area contributed by atoms with Gasteiger partial charge in [-0.1, -0.05) is 30.3 Å². The zero-order chi connectivity index (χ0) is 22.6. The summed E-state index contributed by atoms with van der Waals surface area (Å²) in [7, 11) is 0. The molecule has 0 atom stereocenters. The lowest BCUT2D eigenvalue weighted by Crippen LogP contribution is -2.41. The standard InChI is InChI=1S/C23H29N5O4/c29-21(10-11-24-23(31)25-16-18-4-2-1-3-5-18)26-19-6-8-20(9-7-19)27-22(30)17-28-12-14-32-15-13-28/h1-9H,10-17H2,(H,26,29)(H,27,30)(H2,24,25,31). The van der Waals surface area contributed by atoms with Gasteiger partial charge in [-0.15, -0.1) is 0 Å². The summed E-state index contributed by atoms with van der Waals surface area (Å²) in [5, 5.41) is 11.0. The molecule has 3 rings (SSSR count). The van der Waals surface area contributed by atoms with Crippen molar-refractivity contribution in [2.75, 3.05) is 50.0 Å². The summed E-state index contributed by atoms with van der Waals surface area (Å²) in [5.74, 6) is -0.294. The highest BCUT2D eigenvalue weighted by Gasteiger charge is 2.14. The highest BCUT2D eigenvalue weighted by molar-refractivity contribution is 5.94. The maximum absolute atomic E-state index is 12.1. The fourth-order valence-corrected chi connectivity index (χ4v) is 3.15. The lowest BCUT2D eigenvalue weighted by atomic mass is 10.2. The number of urea groups is 1. The smallest absolute Gasteiger partial charge is 0.315 e. The van der Waals surface area contributed by atoms with Crippen LogP contribution in [0.1, 0.15) is 12.0 Å². The molecule has 0 aromatic heterocycles. The second-order valence-electron chi connectivity index (χ2n) is 7.41. The molecule has 4 amide bonds. The Labute approximate surface area is 187 Å². The fraction of sp³-hybridized carbons (Fsp3) is 0.348. The van der Waals surface area contributed by atoms with Crippen molar-refractivity contribution in [2.24, 2.45) is 0 Å². The molecular weight excluding hydrogens is 410 g/mol. The van der Waals surface area contributed by atoms with Crippen molar-refractivity contribution in [3.05, 3.63) is 60.2 Å². The first-order chi connectivity index (χ1) is 15.6. The second kappa shape index (κ2) is 12.4. The van der Waals surface area contributed by atoms with E-state index in [0.717, 1.165) is 18.7 Å². The Bertz CT molecular complexity index is 883. The molecule has 9 nitrogen and oxygen atoms in total. The van der Waals surface area contributed by atoms with Crippen molar-refractivity contribution in [3.63, 3.8) is 0 Å². The Morgan fingerprint density at radius 3 is 2.09 bits per heavy atom. The molecule has 0 bridgehead atoms. The van der Waals surface area contributed by atoms with Gasteiger partial charge in [0.1, 0.15) is 0 Å². The first kappa shape index (κ1) is 23.2. The minimum atomic E-state index is -0.321. The van der Waals surface area contributed by atoms with Crippen LogP contribution < -0.4 is 21.3 Å². The number of anilines is 2. The summed E-state index contributed by atoms with van der Waals surface area (Å²) in [6, 6.07) is 16.2. The molecule has 1 aliphatic rings. The van der Waals surface area contributed by atoms with Gasteiger partial charge in [0, 0.05) is 44.0 Å². The number of rotatable bonds is 9. The van der Waals surface area contributed by atoms with E-state index in [1.165, 1.54) is 0 Å². The molecule has 2 aromatic rings. The SMILES string of the molecule is O=C(CCNC(=O)NCc1ccccc1)Nc1ccc(NC(=O)CN2CCOCC2)cc1. The van der Waals surface area contributed by atoms with Crippen LogP contribution in [0.15, 0.2) is 54.6 Å². The number of hydrogen-bond acceptors (Lipinski definition) is 5. The predicted octanol–water partition coefficient (Wildman–Crippen LogP) is 1.79. The molecule has 4 N–H and O–H groups in total. The number of benzene rings is 2. The molecule has 2 aromatic carbocycles. The lowest BCUT2D eigenvalue weighted by Gasteiger charge is -2.25. The van der Waals surface area contributed by atoms with E-state index in [2.05, 4.69) is 21.3 Å². The van der Waals surface area contributed by atoms with Crippen LogP contribution in [-0.4, -0.2) is 62.1 Å². The van der Waals surface area contributed by atoms with Crippen LogP contribution in [0.2, 0.25) is 0 Å². The maximum Gasteiger partial charge on any atom is 0.315 e. The Morgan fingerprint density at radius 1 is 0.812 bits per heavy atom. The fourth-order valence-electron chi connectivity index (χ4n) is 3.15. The molecule has 0 saturated carbocycles. The van der Waals surface area contributed by atoms with Crippen LogP contribution in [0.4, 0.5) is 16.2 Å². The average Bonchev–Trinajstić information content (AvgIpc) is 2.80. The summed E-state index contributed by atoms with van der Waals surface area (Å²) in [6.45, 7) is 3.78. The Morgan fingerprint density at radius 2 is 1.44 bits per heavy atom. The molecule has 9 heteroatoms. The minimum absolute atomic E-state index is 0.0831. The third kappa shape index (κ3) is 8.37. The number of amides is 4. The molecule has 1 aliphatic heterocycles. The van der Waals surface area contributed by atoms with E-state index >= 15 is 0 Å². The quantitative estimate of drug-likeness (QED) is 0.476. The largest absolute Gasteiger partial charge is 0.379 e. The van der Waals surface area contributed by atoms with Crippen molar-refractivity contribution in [3.8, 4) is 0 Å². The van der Waals surface area contributed by atoms with Gasteiger partial charge in [0.05, 0.1) is 19.8 Å². The summed E-state index contributed by atoms with van der Waals surface area (Å²) < 4.78 is 5.28. The van der Waals surface area contributed by atoms with Crippen molar-refractivity contribution in [1.29, 1.82) is 0 Å². The van der Waals surface area contributed by atoms with Gasteiger partial charge in [0.25, 0.3) is 0 Å². The van der Waals surface area contributed by atoms with Crippen molar-refractivity contribution < 1.29 is 19.1 Å². The summed E-state index contributed by atoms with van der Waals surface area (Å²) in [4.78, 5) is 38.1. The Hall–Kier alpha value is -3.43. The van der Waals surface area contributed by atoms with E-state index in [0.29, 0.717) is 37.7 Å². The number of nitrogens with zero attached hydrogens (tertiary/aromatic N) is 1. The van der Waals surface area contributed by atoms with Crippen molar-refractivity contribution >= 4 is 29.2 Å². The van der Waals surface area contributed by atoms with Crippen LogP contribution in [-0.2, 0) is 20.9 Å². The van der Waals surface area contributed by atoms with E-state index in [1.807, 2.05) is 35.2 Å².